The molecule has 6 heteroatoms. The number of carbonyl (C=O) groups excluding carboxylic acids is 2. The average molecular weight is 1140 g/mol. The van der Waals surface area contributed by atoms with Gasteiger partial charge in [0.2, 0.25) is 5.91 Å². The third-order valence-corrected chi connectivity index (χ3v) is 17.8. The van der Waals surface area contributed by atoms with E-state index in [0.717, 1.165) is 38.5 Å². The Balaban J connectivity index is 3.37. The molecule has 0 aliphatic rings. The van der Waals surface area contributed by atoms with Crippen molar-refractivity contribution < 1.29 is 24.5 Å². The quantitative estimate of drug-likeness (QED) is 0.0320. The zero-order valence-corrected chi connectivity index (χ0v) is 55.3. The van der Waals surface area contributed by atoms with Gasteiger partial charge in [-0.05, 0) is 51.4 Å². The van der Waals surface area contributed by atoms with E-state index in [4.69, 9.17) is 4.74 Å². The number of rotatable bonds is 71. The Morgan fingerprint density at radius 2 is 0.580 bits per heavy atom. The van der Waals surface area contributed by atoms with Crippen LogP contribution < -0.4 is 5.32 Å². The summed E-state index contributed by atoms with van der Waals surface area (Å²) in [5.74, 6) is -0.00947. The maximum Gasteiger partial charge on any atom is 0.305 e. The lowest BCUT2D eigenvalue weighted by Gasteiger charge is -2.22. The van der Waals surface area contributed by atoms with E-state index in [0.29, 0.717) is 25.9 Å². The molecule has 482 valence electrons. The molecule has 0 fully saturated rings. The SMILES string of the molecule is CCCCCCCCCCCCCCCCCCCCCCCCC(O)C(CO)NC(=O)CCCCCCCCCCCCCCC/C=C\CCCCCCCCCCCCCCOC(=O)CCCCCCCCCCCCCCC. The van der Waals surface area contributed by atoms with E-state index in [9.17, 15) is 19.8 Å². The minimum Gasteiger partial charge on any atom is -0.466 e. The Bertz CT molecular complexity index is 1220. The van der Waals surface area contributed by atoms with Gasteiger partial charge < -0.3 is 20.3 Å². The smallest absolute Gasteiger partial charge is 0.305 e. The number of allylic oxidation sites excluding steroid dienone is 2. The largest absolute Gasteiger partial charge is 0.466 e. The summed E-state index contributed by atoms with van der Waals surface area (Å²) in [6, 6.07) is -0.541. The molecule has 0 aliphatic carbocycles. The molecule has 0 spiro atoms. The van der Waals surface area contributed by atoms with Gasteiger partial charge in [-0.3, -0.25) is 9.59 Å². The van der Waals surface area contributed by atoms with Crippen molar-refractivity contribution in [3.8, 4) is 0 Å². The first-order valence-electron chi connectivity index (χ1n) is 37.4. The molecule has 2 unspecified atom stereocenters. The molecule has 0 radical (unpaired) electrons. The Kier molecular flexibility index (Phi) is 69.9. The van der Waals surface area contributed by atoms with Gasteiger partial charge in [-0.2, -0.15) is 0 Å². The van der Waals surface area contributed by atoms with Gasteiger partial charge in [0.25, 0.3) is 0 Å². The second-order valence-corrected chi connectivity index (χ2v) is 26.0. The van der Waals surface area contributed by atoms with Crippen LogP contribution in [0.3, 0.4) is 0 Å². The Hall–Kier alpha value is -1.40. The van der Waals surface area contributed by atoms with Gasteiger partial charge in [-0.1, -0.05) is 379 Å². The summed E-state index contributed by atoms with van der Waals surface area (Å²) >= 11 is 0. The standard InChI is InChI=1S/C75H147NO5/c1-3-5-7-9-11-13-15-17-18-19-20-21-31-34-37-40-44-47-51-55-59-63-67-73(78)72(71-77)76-74(79)68-64-60-56-52-48-45-41-38-35-32-29-27-25-23-22-24-26-28-30-33-36-39-42-46-50-54-58-62-66-70-81-75(80)69-65-61-57-53-49-43-16-14-12-10-8-6-4-2/h22,24,72-73,77-78H,3-21,23,25-71H2,1-2H3,(H,76,79)/b24-22-. The van der Waals surface area contributed by atoms with Crippen LogP contribution >= 0.6 is 0 Å². The number of esters is 1. The fraction of sp³-hybridized carbons (Fsp3) is 0.947. The van der Waals surface area contributed by atoms with Gasteiger partial charge in [0.05, 0.1) is 25.4 Å². The second-order valence-electron chi connectivity index (χ2n) is 26.0. The van der Waals surface area contributed by atoms with Crippen LogP contribution in [0, 0.1) is 0 Å². The fourth-order valence-corrected chi connectivity index (χ4v) is 12.1. The van der Waals surface area contributed by atoms with Crippen LogP contribution in [-0.2, 0) is 14.3 Å². The van der Waals surface area contributed by atoms with Crippen molar-refractivity contribution in [2.45, 2.75) is 443 Å². The highest BCUT2D eigenvalue weighted by Crippen LogP contribution is 2.20. The van der Waals surface area contributed by atoms with Crippen molar-refractivity contribution in [2.75, 3.05) is 13.2 Å². The highest BCUT2D eigenvalue weighted by Gasteiger charge is 2.20. The van der Waals surface area contributed by atoms with Crippen LogP contribution in [0.1, 0.15) is 431 Å². The van der Waals surface area contributed by atoms with Crippen molar-refractivity contribution in [1.29, 1.82) is 0 Å². The van der Waals surface area contributed by atoms with Gasteiger partial charge in [0.1, 0.15) is 0 Å². The summed E-state index contributed by atoms with van der Waals surface area (Å²) in [6.45, 7) is 5.00. The maximum absolute atomic E-state index is 12.6. The third kappa shape index (κ3) is 67.6. The van der Waals surface area contributed by atoms with E-state index in [1.165, 1.54) is 360 Å². The van der Waals surface area contributed by atoms with Crippen molar-refractivity contribution >= 4 is 11.9 Å². The molecule has 0 rings (SSSR count). The lowest BCUT2D eigenvalue weighted by atomic mass is 10.0. The monoisotopic (exact) mass is 1140 g/mol. The number of hydrogen-bond donors (Lipinski definition) is 3. The maximum atomic E-state index is 12.6. The number of aliphatic hydroxyl groups is 2. The molecule has 0 aromatic heterocycles. The number of unbranched alkanes of at least 4 members (excludes halogenated alkanes) is 58. The number of carbonyl (C=O) groups is 2. The zero-order chi connectivity index (χ0) is 58.5. The molecule has 0 saturated heterocycles. The number of amides is 1. The van der Waals surface area contributed by atoms with E-state index < -0.39 is 12.1 Å². The van der Waals surface area contributed by atoms with Gasteiger partial charge in [0.15, 0.2) is 0 Å². The lowest BCUT2D eigenvalue weighted by molar-refractivity contribution is -0.143. The molecule has 2 atom stereocenters. The zero-order valence-electron chi connectivity index (χ0n) is 55.3. The number of hydrogen-bond acceptors (Lipinski definition) is 5. The Morgan fingerprint density at radius 3 is 0.877 bits per heavy atom. The summed E-state index contributed by atoms with van der Waals surface area (Å²) in [6.07, 6.45) is 88.5. The second kappa shape index (κ2) is 71.1. The van der Waals surface area contributed by atoms with Crippen LogP contribution in [0.15, 0.2) is 12.2 Å². The first-order chi connectivity index (χ1) is 40.0. The summed E-state index contributed by atoms with van der Waals surface area (Å²) in [4.78, 5) is 24.6. The normalized spacial score (nSPS) is 12.5. The molecule has 81 heavy (non-hydrogen) atoms. The first kappa shape index (κ1) is 79.6. The van der Waals surface area contributed by atoms with Crippen molar-refractivity contribution in [2.24, 2.45) is 0 Å². The minimum absolute atomic E-state index is 0.0192. The summed E-state index contributed by atoms with van der Waals surface area (Å²) in [5.41, 5.74) is 0. The first-order valence-corrected chi connectivity index (χ1v) is 37.4. The van der Waals surface area contributed by atoms with Gasteiger partial charge in [-0.15, -0.1) is 0 Å². The molecule has 0 saturated carbocycles. The van der Waals surface area contributed by atoms with Crippen LogP contribution in [0.2, 0.25) is 0 Å². The van der Waals surface area contributed by atoms with Gasteiger partial charge in [0, 0.05) is 12.8 Å². The summed E-state index contributed by atoms with van der Waals surface area (Å²) < 4.78 is 5.49. The molecule has 0 aromatic rings. The molecular formula is C75H147NO5. The molecular weight excluding hydrogens is 995 g/mol. The highest BCUT2D eigenvalue weighted by atomic mass is 16.5. The summed E-state index contributed by atoms with van der Waals surface area (Å²) in [5, 5.41) is 23.4. The predicted octanol–water partition coefficient (Wildman–Crippen LogP) is 24.3. The molecule has 1 amide bonds. The Labute approximate surface area is 508 Å². The summed E-state index contributed by atoms with van der Waals surface area (Å²) in [7, 11) is 0. The van der Waals surface area contributed by atoms with Crippen molar-refractivity contribution in [1.82, 2.24) is 5.32 Å². The van der Waals surface area contributed by atoms with E-state index in [1.54, 1.807) is 0 Å². The lowest BCUT2D eigenvalue weighted by Crippen LogP contribution is -2.45. The van der Waals surface area contributed by atoms with Crippen molar-refractivity contribution in [3.05, 3.63) is 12.2 Å². The van der Waals surface area contributed by atoms with Crippen LogP contribution in [0.5, 0.6) is 0 Å². The molecule has 0 aromatic carbocycles. The molecule has 3 N–H and O–H groups in total. The predicted molar refractivity (Wildman–Crippen MR) is 357 cm³/mol. The topological polar surface area (TPSA) is 95.9 Å². The van der Waals surface area contributed by atoms with E-state index >= 15 is 0 Å². The fourth-order valence-electron chi connectivity index (χ4n) is 12.1. The van der Waals surface area contributed by atoms with Crippen LogP contribution in [0.4, 0.5) is 0 Å². The minimum atomic E-state index is -0.664. The molecule has 6 nitrogen and oxygen atoms in total. The highest BCUT2D eigenvalue weighted by molar-refractivity contribution is 5.76. The van der Waals surface area contributed by atoms with Gasteiger partial charge >= 0.3 is 5.97 Å². The Morgan fingerprint density at radius 1 is 0.333 bits per heavy atom. The van der Waals surface area contributed by atoms with Crippen LogP contribution in [0.25, 0.3) is 0 Å². The molecule has 0 heterocycles. The van der Waals surface area contributed by atoms with E-state index in [2.05, 4.69) is 31.3 Å². The van der Waals surface area contributed by atoms with E-state index in [1.807, 2.05) is 0 Å². The number of aliphatic hydroxyl groups excluding tert-OH is 2. The van der Waals surface area contributed by atoms with Gasteiger partial charge in [-0.25, -0.2) is 0 Å². The number of ether oxygens (including phenoxy) is 1. The third-order valence-electron chi connectivity index (χ3n) is 17.8. The van der Waals surface area contributed by atoms with Crippen LogP contribution in [-0.4, -0.2) is 47.4 Å². The molecule has 0 bridgehead atoms. The average Bonchev–Trinajstić information content (AvgIpc) is 3.47. The van der Waals surface area contributed by atoms with Crippen molar-refractivity contribution in [3.63, 3.8) is 0 Å². The number of nitrogens with one attached hydrogen (secondary N) is 1. The molecule has 0 aliphatic heterocycles. The van der Waals surface area contributed by atoms with E-state index in [-0.39, 0.29) is 18.5 Å².